The Hall–Kier alpha value is -3.23. The molecule has 156 valence electrons. The number of anilines is 2. The van der Waals surface area contributed by atoms with Crippen molar-refractivity contribution >= 4 is 56.5 Å². The number of benzene rings is 3. The number of nitrogens with one attached hydrogen (secondary N) is 2. The third kappa shape index (κ3) is 5.48. The van der Waals surface area contributed by atoms with E-state index < -0.39 is 5.82 Å². The van der Waals surface area contributed by atoms with Gasteiger partial charge in [0.05, 0.1) is 16.0 Å². The Labute approximate surface area is 186 Å². The summed E-state index contributed by atoms with van der Waals surface area (Å²) in [4.78, 5) is 29.1. The van der Waals surface area contributed by atoms with Crippen LogP contribution in [0.25, 0.3) is 10.2 Å². The highest BCUT2D eigenvalue weighted by Gasteiger charge is 2.11. The lowest BCUT2D eigenvalue weighted by Gasteiger charge is -2.05. The van der Waals surface area contributed by atoms with Gasteiger partial charge in [-0.05, 0) is 61.0 Å². The van der Waals surface area contributed by atoms with Crippen molar-refractivity contribution in [3.63, 3.8) is 0 Å². The molecule has 4 aromatic rings. The molecule has 0 aliphatic carbocycles. The zero-order valence-corrected chi connectivity index (χ0v) is 18.1. The number of fused-ring (bicyclic) bond motifs is 1. The van der Waals surface area contributed by atoms with Crippen LogP contribution in [0.15, 0.2) is 71.1 Å². The van der Waals surface area contributed by atoms with Gasteiger partial charge in [-0.1, -0.05) is 30.0 Å². The number of carbonyl (C=O) groups is 2. The van der Waals surface area contributed by atoms with Crippen molar-refractivity contribution in [2.45, 2.75) is 11.3 Å². The van der Waals surface area contributed by atoms with Crippen LogP contribution in [0.3, 0.4) is 0 Å². The van der Waals surface area contributed by atoms with Gasteiger partial charge in [0, 0.05) is 16.9 Å². The van der Waals surface area contributed by atoms with Crippen molar-refractivity contribution in [1.82, 2.24) is 4.98 Å². The Morgan fingerprint density at radius 2 is 1.81 bits per heavy atom. The van der Waals surface area contributed by atoms with Crippen molar-refractivity contribution in [2.75, 3.05) is 16.4 Å². The normalized spacial score (nSPS) is 10.8. The summed E-state index contributed by atoms with van der Waals surface area (Å²) in [7, 11) is 0. The van der Waals surface area contributed by atoms with Crippen molar-refractivity contribution in [3.8, 4) is 0 Å². The van der Waals surface area contributed by atoms with E-state index in [9.17, 15) is 14.0 Å². The summed E-state index contributed by atoms with van der Waals surface area (Å²) >= 11 is 2.81. The molecule has 3 aromatic carbocycles. The number of carbonyl (C=O) groups excluding carboxylic acids is 2. The number of thioether (sulfide) groups is 1. The van der Waals surface area contributed by atoms with Crippen LogP contribution < -0.4 is 10.6 Å². The fourth-order valence-electron chi connectivity index (χ4n) is 2.92. The van der Waals surface area contributed by atoms with E-state index in [1.807, 2.05) is 43.3 Å². The van der Waals surface area contributed by atoms with Gasteiger partial charge in [-0.2, -0.15) is 0 Å². The highest BCUT2D eigenvalue weighted by molar-refractivity contribution is 8.01. The molecule has 0 fully saturated rings. The first-order valence-corrected chi connectivity index (χ1v) is 11.2. The van der Waals surface area contributed by atoms with Gasteiger partial charge in [-0.25, -0.2) is 9.37 Å². The fraction of sp³-hybridized carbons (Fsp3) is 0.0870. The van der Waals surface area contributed by atoms with E-state index in [0.717, 1.165) is 25.8 Å². The van der Waals surface area contributed by atoms with E-state index in [1.165, 1.54) is 41.3 Å². The number of hydrogen-bond donors (Lipinski definition) is 2. The zero-order valence-electron chi connectivity index (χ0n) is 16.5. The monoisotopic (exact) mass is 451 g/mol. The van der Waals surface area contributed by atoms with E-state index in [-0.39, 0.29) is 23.1 Å². The number of nitrogens with zero attached hydrogens (tertiary/aromatic N) is 1. The molecule has 4 rings (SSSR count). The first-order chi connectivity index (χ1) is 15.0. The van der Waals surface area contributed by atoms with Gasteiger partial charge < -0.3 is 10.6 Å². The molecule has 0 aliphatic heterocycles. The molecule has 31 heavy (non-hydrogen) atoms. The number of hydrogen-bond acceptors (Lipinski definition) is 5. The van der Waals surface area contributed by atoms with Gasteiger partial charge in [-0.15, -0.1) is 11.3 Å². The van der Waals surface area contributed by atoms with Crippen LogP contribution in [0.4, 0.5) is 15.8 Å². The van der Waals surface area contributed by atoms with Crippen molar-refractivity contribution in [3.05, 3.63) is 83.7 Å². The van der Waals surface area contributed by atoms with Crippen molar-refractivity contribution in [1.29, 1.82) is 0 Å². The first-order valence-electron chi connectivity index (χ1n) is 9.43. The fourth-order valence-corrected chi connectivity index (χ4v) is 4.83. The lowest BCUT2D eigenvalue weighted by atomic mass is 10.2. The second-order valence-electron chi connectivity index (χ2n) is 6.83. The topological polar surface area (TPSA) is 71.1 Å². The summed E-state index contributed by atoms with van der Waals surface area (Å²) < 4.78 is 15.0. The Morgan fingerprint density at radius 3 is 2.61 bits per heavy atom. The first kappa shape index (κ1) is 21.0. The van der Waals surface area contributed by atoms with Gasteiger partial charge in [-0.3, -0.25) is 9.59 Å². The Kier molecular flexibility index (Phi) is 6.29. The van der Waals surface area contributed by atoms with Gasteiger partial charge in [0.25, 0.3) is 5.91 Å². The number of aryl methyl sites for hydroxylation is 1. The smallest absolute Gasteiger partial charge is 0.255 e. The number of amides is 2. The lowest BCUT2D eigenvalue weighted by Crippen LogP contribution is -2.13. The van der Waals surface area contributed by atoms with Crippen LogP contribution in [-0.4, -0.2) is 22.6 Å². The number of thiazole rings is 1. The predicted octanol–water partition coefficient (Wildman–Crippen LogP) is 5.73. The standard InChI is InChI=1S/C23H18FN3O2S2/c1-14-4-2-7-17(10-14)25-21(28)13-30-23-27-19-9-8-18(12-20(19)31-23)26-22(29)15-5-3-6-16(24)11-15/h2-12H,13H2,1H3,(H,25,28)(H,26,29). The number of rotatable bonds is 6. The van der Waals surface area contributed by atoms with Crippen LogP contribution >= 0.6 is 23.1 Å². The minimum absolute atomic E-state index is 0.0992. The molecular weight excluding hydrogens is 433 g/mol. The van der Waals surface area contributed by atoms with E-state index in [4.69, 9.17) is 0 Å². The molecule has 2 N–H and O–H groups in total. The molecule has 0 aliphatic rings. The Morgan fingerprint density at radius 1 is 1.00 bits per heavy atom. The number of aromatic nitrogens is 1. The summed E-state index contributed by atoms with van der Waals surface area (Å²) in [6.45, 7) is 1.97. The van der Waals surface area contributed by atoms with Crippen LogP contribution in [-0.2, 0) is 4.79 Å². The molecule has 0 atom stereocenters. The van der Waals surface area contributed by atoms with E-state index in [1.54, 1.807) is 12.1 Å². The van der Waals surface area contributed by atoms with Gasteiger partial charge >= 0.3 is 0 Å². The van der Waals surface area contributed by atoms with Crippen molar-refractivity contribution < 1.29 is 14.0 Å². The summed E-state index contributed by atoms with van der Waals surface area (Å²) in [6, 6.07) is 18.6. The minimum atomic E-state index is -0.460. The van der Waals surface area contributed by atoms with Gasteiger partial charge in [0.15, 0.2) is 4.34 Å². The SMILES string of the molecule is Cc1cccc(NC(=O)CSc2nc3ccc(NC(=O)c4cccc(F)c4)cc3s2)c1. The molecule has 8 heteroatoms. The molecule has 5 nitrogen and oxygen atoms in total. The van der Waals surface area contributed by atoms with E-state index >= 15 is 0 Å². The highest BCUT2D eigenvalue weighted by Crippen LogP contribution is 2.31. The van der Waals surface area contributed by atoms with Gasteiger partial charge in [0.1, 0.15) is 5.82 Å². The second kappa shape index (κ2) is 9.28. The Bertz CT molecular complexity index is 1270. The predicted molar refractivity (Wildman–Crippen MR) is 125 cm³/mol. The third-order valence-electron chi connectivity index (χ3n) is 4.34. The summed E-state index contributed by atoms with van der Waals surface area (Å²) in [5, 5.41) is 5.65. The molecule has 0 saturated carbocycles. The van der Waals surface area contributed by atoms with Crippen LogP contribution in [0, 0.1) is 12.7 Å². The average molecular weight is 452 g/mol. The molecule has 0 radical (unpaired) electrons. The number of halogens is 1. The van der Waals surface area contributed by atoms with Crippen LogP contribution in [0.1, 0.15) is 15.9 Å². The molecular formula is C23H18FN3O2S2. The van der Waals surface area contributed by atoms with E-state index in [2.05, 4.69) is 15.6 Å². The minimum Gasteiger partial charge on any atom is -0.325 e. The molecule has 0 unspecified atom stereocenters. The maximum absolute atomic E-state index is 13.3. The molecule has 0 spiro atoms. The summed E-state index contributed by atoms with van der Waals surface area (Å²) in [6.07, 6.45) is 0. The maximum Gasteiger partial charge on any atom is 0.255 e. The van der Waals surface area contributed by atoms with Gasteiger partial charge in [0.2, 0.25) is 5.91 Å². The molecule has 1 aromatic heterocycles. The lowest BCUT2D eigenvalue weighted by molar-refractivity contribution is -0.113. The van der Waals surface area contributed by atoms with Crippen LogP contribution in [0.5, 0.6) is 0 Å². The molecule has 0 bridgehead atoms. The van der Waals surface area contributed by atoms with Crippen molar-refractivity contribution in [2.24, 2.45) is 0 Å². The second-order valence-corrected chi connectivity index (χ2v) is 9.09. The summed E-state index contributed by atoms with van der Waals surface area (Å²) in [5.41, 5.74) is 3.49. The van der Waals surface area contributed by atoms with E-state index in [0.29, 0.717) is 5.69 Å². The molecule has 1 heterocycles. The largest absolute Gasteiger partial charge is 0.325 e. The maximum atomic E-state index is 13.3. The van der Waals surface area contributed by atoms with Crippen LogP contribution in [0.2, 0.25) is 0 Å². The molecule has 2 amide bonds. The third-order valence-corrected chi connectivity index (χ3v) is 6.50. The zero-order chi connectivity index (χ0) is 21.8. The summed E-state index contributed by atoms with van der Waals surface area (Å²) in [5.74, 6) is -0.695. The molecule has 0 saturated heterocycles. The Balaban J connectivity index is 1.39. The quantitative estimate of drug-likeness (QED) is 0.368. The average Bonchev–Trinajstić information content (AvgIpc) is 3.14. The highest BCUT2D eigenvalue weighted by atomic mass is 32.2.